The predicted octanol–water partition coefficient (Wildman–Crippen LogP) is 2.68. The summed E-state index contributed by atoms with van der Waals surface area (Å²) < 4.78 is 20.9. The van der Waals surface area contributed by atoms with E-state index in [2.05, 4.69) is 18.9 Å². The summed E-state index contributed by atoms with van der Waals surface area (Å²) in [6, 6.07) is 6.89. The first-order valence-electron chi connectivity index (χ1n) is 6.75. The van der Waals surface area contributed by atoms with Gasteiger partial charge in [0.15, 0.2) is 0 Å². The van der Waals surface area contributed by atoms with Crippen LogP contribution in [0, 0.1) is 5.82 Å². The van der Waals surface area contributed by atoms with Crippen molar-refractivity contribution in [3.05, 3.63) is 47.5 Å². The van der Waals surface area contributed by atoms with Crippen molar-refractivity contribution in [1.29, 1.82) is 0 Å². The first-order valence-corrected chi connectivity index (χ1v) is 6.75. The van der Waals surface area contributed by atoms with Crippen LogP contribution in [0.1, 0.15) is 31.1 Å². The van der Waals surface area contributed by atoms with Crippen molar-refractivity contribution < 1.29 is 9.13 Å². The fourth-order valence-corrected chi connectivity index (χ4v) is 1.91. The number of hydrogen-bond acceptors (Lipinski definition) is 3. The Hall–Kier alpha value is -1.88. The number of halogens is 1. The van der Waals surface area contributed by atoms with E-state index in [1.807, 2.05) is 23.0 Å². The molecule has 2 aromatic rings. The van der Waals surface area contributed by atoms with Gasteiger partial charge in [-0.25, -0.2) is 4.39 Å². The van der Waals surface area contributed by atoms with Crippen molar-refractivity contribution in [2.45, 2.75) is 32.9 Å². The van der Waals surface area contributed by atoms with Gasteiger partial charge in [0.2, 0.25) is 0 Å². The molecule has 0 spiro atoms. The van der Waals surface area contributed by atoms with Crippen LogP contribution in [0.15, 0.2) is 30.5 Å². The van der Waals surface area contributed by atoms with Gasteiger partial charge in [-0.05, 0) is 50.6 Å². The van der Waals surface area contributed by atoms with Crippen molar-refractivity contribution in [3.8, 4) is 5.75 Å². The van der Waals surface area contributed by atoms with E-state index >= 15 is 0 Å². The van der Waals surface area contributed by atoms with Crippen molar-refractivity contribution in [2.75, 3.05) is 6.54 Å². The second-order valence-electron chi connectivity index (χ2n) is 5.00. The maximum Gasteiger partial charge on any atom is 0.132 e. The van der Waals surface area contributed by atoms with Gasteiger partial charge in [-0.2, -0.15) is 5.10 Å². The standard InChI is InChI=1S/C15H20FN3O/c1-11(2)19-6-4-14(18-19)10-20-15-8-12(3-5-17)7-13(16)9-15/h4,6-9,11H,3,5,10,17H2,1-2H3. The van der Waals surface area contributed by atoms with Crippen LogP contribution in [0.5, 0.6) is 5.75 Å². The fourth-order valence-electron chi connectivity index (χ4n) is 1.91. The molecular weight excluding hydrogens is 257 g/mol. The zero-order valence-electron chi connectivity index (χ0n) is 11.8. The van der Waals surface area contributed by atoms with Gasteiger partial charge in [0.05, 0.1) is 5.69 Å². The van der Waals surface area contributed by atoms with Crippen LogP contribution in [0.2, 0.25) is 0 Å². The highest BCUT2D eigenvalue weighted by molar-refractivity contribution is 5.30. The quantitative estimate of drug-likeness (QED) is 0.883. The Labute approximate surface area is 118 Å². The van der Waals surface area contributed by atoms with Crippen LogP contribution in [-0.4, -0.2) is 16.3 Å². The lowest BCUT2D eigenvalue weighted by atomic mass is 10.1. The molecule has 20 heavy (non-hydrogen) atoms. The van der Waals surface area contributed by atoms with Gasteiger partial charge in [-0.1, -0.05) is 0 Å². The van der Waals surface area contributed by atoms with Gasteiger partial charge in [0, 0.05) is 18.3 Å². The molecule has 0 fully saturated rings. The van der Waals surface area contributed by atoms with E-state index in [-0.39, 0.29) is 5.82 Å². The first kappa shape index (κ1) is 14.5. The number of nitrogens with zero attached hydrogens (tertiary/aromatic N) is 2. The van der Waals surface area contributed by atoms with E-state index in [0.29, 0.717) is 31.4 Å². The smallest absolute Gasteiger partial charge is 0.132 e. The summed E-state index contributed by atoms with van der Waals surface area (Å²) in [4.78, 5) is 0. The molecule has 4 nitrogen and oxygen atoms in total. The van der Waals surface area contributed by atoms with E-state index in [1.165, 1.54) is 12.1 Å². The molecule has 1 aromatic carbocycles. The number of rotatable bonds is 6. The highest BCUT2D eigenvalue weighted by atomic mass is 19.1. The largest absolute Gasteiger partial charge is 0.487 e. The molecule has 0 amide bonds. The maximum absolute atomic E-state index is 13.4. The van der Waals surface area contributed by atoms with Crippen LogP contribution in [-0.2, 0) is 13.0 Å². The fraction of sp³-hybridized carbons (Fsp3) is 0.400. The Balaban J connectivity index is 2.02. The topological polar surface area (TPSA) is 53.1 Å². The minimum atomic E-state index is -0.307. The molecule has 0 aliphatic carbocycles. The van der Waals surface area contributed by atoms with Gasteiger partial charge >= 0.3 is 0 Å². The second-order valence-corrected chi connectivity index (χ2v) is 5.00. The minimum Gasteiger partial charge on any atom is -0.487 e. The van der Waals surface area contributed by atoms with Crippen molar-refractivity contribution in [2.24, 2.45) is 5.73 Å². The van der Waals surface area contributed by atoms with E-state index in [9.17, 15) is 4.39 Å². The summed E-state index contributed by atoms with van der Waals surface area (Å²) in [7, 11) is 0. The van der Waals surface area contributed by atoms with Gasteiger partial charge in [-0.15, -0.1) is 0 Å². The summed E-state index contributed by atoms with van der Waals surface area (Å²) >= 11 is 0. The van der Waals surface area contributed by atoms with Crippen molar-refractivity contribution >= 4 is 0 Å². The molecular formula is C15H20FN3O. The van der Waals surface area contributed by atoms with E-state index in [4.69, 9.17) is 10.5 Å². The Morgan fingerprint density at radius 1 is 1.35 bits per heavy atom. The molecule has 0 saturated heterocycles. The molecule has 5 heteroatoms. The zero-order chi connectivity index (χ0) is 14.5. The molecule has 0 bridgehead atoms. The highest BCUT2D eigenvalue weighted by Crippen LogP contribution is 2.18. The van der Waals surface area contributed by atoms with Gasteiger partial charge in [0.1, 0.15) is 18.2 Å². The average molecular weight is 277 g/mol. The summed E-state index contributed by atoms with van der Waals surface area (Å²) in [5, 5.41) is 4.38. The monoisotopic (exact) mass is 277 g/mol. The Bertz CT molecular complexity index is 566. The third-order valence-corrected chi connectivity index (χ3v) is 2.94. The molecule has 0 saturated carbocycles. The zero-order valence-corrected chi connectivity index (χ0v) is 11.8. The van der Waals surface area contributed by atoms with Crippen LogP contribution in [0.3, 0.4) is 0 Å². The molecule has 0 atom stereocenters. The number of ether oxygens (including phenoxy) is 1. The van der Waals surface area contributed by atoms with E-state index in [0.717, 1.165) is 11.3 Å². The lowest BCUT2D eigenvalue weighted by Crippen LogP contribution is -2.05. The summed E-state index contributed by atoms with van der Waals surface area (Å²) in [6.45, 7) is 4.93. The molecule has 0 aliphatic heterocycles. The van der Waals surface area contributed by atoms with E-state index < -0.39 is 0 Å². The summed E-state index contributed by atoms with van der Waals surface area (Å²) in [6.07, 6.45) is 2.55. The van der Waals surface area contributed by atoms with Gasteiger partial charge < -0.3 is 10.5 Å². The predicted molar refractivity (Wildman–Crippen MR) is 76.1 cm³/mol. The Morgan fingerprint density at radius 2 is 2.15 bits per heavy atom. The third kappa shape index (κ3) is 3.81. The summed E-state index contributed by atoms with van der Waals surface area (Å²) in [5.41, 5.74) is 7.15. The molecule has 0 aliphatic rings. The molecule has 0 radical (unpaired) electrons. The third-order valence-electron chi connectivity index (χ3n) is 2.94. The van der Waals surface area contributed by atoms with Crippen LogP contribution in [0.25, 0.3) is 0 Å². The molecule has 0 unspecified atom stereocenters. The number of hydrogen-bond donors (Lipinski definition) is 1. The molecule has 108 valence electrons. The molecule has 1 heterocycles. The average Bonchev–Trinajstić information content (AvgIpc) is 2.85. The van der Waals surface area contributed by atoms with E-state index in [1.54, 1.807) is 0 Å². The first-order chi connectivity index (χ1) is 9.58. The summed E-state index contributed by atoms with van der Waals surface area (Å²) in [5.74, 6) is 0.200. The molecule has 2 N–H and O–H groups in total. The van der Waals surface area contributed by atoms with Crippen molar-refractivity contribution in [3.63, 3.8) is 0 Å². The lowest BCUT2D eigenvalue weighted by Gasteiger charge is -2.08. The molecule has 1 aromatic heterocycles. The molecule has 2 rings (SSSR count). The van der Waals surface area contributed by atoms with Gasteiger partial charge in [0.25, 0.3) is 0 Å². The Morgan fingerprint density at radius 3 is 2.80 bits per heavy atom. The van der Waals surface area contributed by atoms with Crippen molar-refractivity contribution in [1.82, 2.24) is 9.78 Å². The lowest BCUT2D eigenvalue weighted by molar-refractivity contribution is 0.297. The SMILES string of the molecule is CC(C)n1ccc(COc2cc(F)cc(CCN)c2)n1. The number of aromatic nitrogens is 2. The normalized spacial score (nSPS) is 11.1. The number of benzene rings is 1. The van der Waals surface area contributed by atoms with Gasteiger partial charge in [-0.3, -0.25) is 4.68 Å². The Kier molecular flexibility index (Phi) is 4.74. The number of nitrogens with two attached hydrogens (primary N) is 1. The van der Waals surface area contributed by atoms with Crippen LogP contribution >= 0.6 is 0 Å². The minimum absolute atomic E-state index is 0.307. The van der Waals surface area contributed by atoms with Crippen LogP contribution in [0.4, 0.5) is 4.39 Å². The second kappa shape index (κ2) is 6.52. The highest BCUT2D eigenvalue weighted by Gasteiger charge is 2.05. The van der Waals surface area contributed by atoms with Crippen LogP contribution < -0.4 is 10.5 Å². The maximum atomic E-state index is 13.4.